The van der Waals surface area contributed by atoms with Crippen LogP contribution in [0.1, 0.15) is 22.2 Å². The minimum atomic E-state index is -0.314. The third-order valence-corrected chi connectivity index (χ3v) is 5.14. The van der Waals surface area contributed by atoms with Gasteiger partial charge in [0.1, 0.15) is 0 Å². The molecule has 2 aromatic heterocycles. The fourth-order valence-electron chi connectivity index (χ4n) is 3.62. The number of carbonyl (C=O) groups is 1. The van der Waals surface area contributed by atoms with Crippen molar-refractivity contribution in [2.45, 2.75) is 6.04 Å². The van der Waals surface area contributed by atoms with Gasteiger partial charge in [0, 0.05) is 38.3 Å². The maximum Gasteiger partial charge on any atom is 0.274 e. The first kappa shape index (κ1) is 19.2. The molecule has 0 radical (unpaired) electrons. The van der Waals surface area contributed by atoms with Gasteiger partial charge >= 0.3 is 0 Å². The van der Waals surface area contributed by atoms with Crippen molar-refractivity contribution >= 4 is 16.7 Å². The molecule has 150 valence electrons. The molecule has 3 aromatic rings. The van der Waals surface area contributed by atoms with Gasteiger partial charge in [-0.25, -0.2) is 4.68 Å². The molecule has 1 amide bonds. The van der Waals surface area contributed by atoms with Gasteiger partial charge in [0.05, 0.1) is 30.3 Å². The number of nitrogens with one attached hydrogen (secondary N) is 1. The lowest BCUT2D eigenvalue weighted by Crippen LogP contribution is -2.44. The van der Waals surface area contributed by atoms with Crippen molar-refractivity contribution in [3.05, 3.63) is 70.4 Å². The van der Waals surface area contributed by atoms with Gasteiger partial charge < -0.3 is 10.1 Å². The Kier molecular flexibility index (Phi) is 5.64. The molecule has 0 aliphatic carbocycles. The molecule has 1 N–H and O–H groups in total. The van der Waals surface area contributed by atoms with Crippen LogP contribution in [0.25, 0.3) is 10.8 Å². The molecule has 0 bridgehead atoms. The molecular weight excluding hydrogens is 370 g/mol. The fourth-order valence-corrected chi connectivity index (χ4v) is 3.62. The quantitative estimate of drug-likeness (QED) is 0.699. The normalized spacial score (nSPS) is 15.9. The highest BCUT2D eigenvalue weighted by atomic mass is 16.5. The van der Waals surface area contributed by atoms with Crippen molar-refractivity contribution in [2.75, 3.05) is 32.8 Å². The Morgan fingerprint density at radius 3 is 2.59 bits per heavy atom. The van der Waals surface area contributed by atoms with Gasteiger partial charge in [0.2, 0.25) is 0 Å². The topological polar surface area (TPSA) is 89.3 Å². The summed E-state index contributed by atoms with van der Waals surface area (Å²) < 4.78 is 6.67. The summed E-state index contributed by atoms with van der Waals surface area (Å²) >= 11 is 0. The van der Waals surface area contributed by atoms with Crippen LogP contribution in [0.3, 0.4) is 0 Å². The number of pyridine rings is 1. The molecule has 1 aliphatic heterocycles. The van der Waals surface area contributed by atoms with Crippen LogP contribution in [0.5, 0.6) is 0 Å². The number of hydrogen-bond donors (Lipinski definition) is 1. The number of ether oxygens (including phenoxy) is 1. The van der Waals surface area contributed by atoms with E-state index in [2.05, 4.69) is 20.3 Å². The molecule has 29 heavy (non-hydrogen) atoms. The van der Waals surface area contributed by atoms with E-state index in [1.165, 1.54) is 4.68 Å². The summed E-state index contributed by atoms with van der Waals surface area (Å²) in [7, 11) is 1.55. The molecule has 1 fully saturated rings. The van der Waals surface area contributed by atoms with Gasteiger partial charge in [0.25, 0.3) is 11.5 Å². The Hall–Kier alpha value is -3.10. The molecule has 1 saturated heterocycles. The summed E-state index contributed by atoms with van der Waals surface area (Å²) in [6.07, 6.45) is 1.76. The van der Waals surface area contributed by atoms with Gasteiger partial charge in [-0.05, 0) is 18.2 Å². The number of amides is 1. The standard InChI is InChI=1S/C21H23N5O3/c1-25-21(28)16-7-3-2-6-15(16)19(24-25)20(27)23-14-18(17-8-4-5-9-22-17)26-10-12-29-13-11-26/h2-9,18H,10-14H2,1H3,(H,23,27). The van der Waals surface area contributed by atoms with Crippen LogP contribution >= 0.6 is 0 Å². The average molecular weight is 393 g/mol. The summed E-state index contributed by atoms with van der Waals surface area (Å²) in [5.41, 5.74) is 0.911. The molecule has 4 rings (SSSR count). The van der Waals surface area contributed by atoms with Crippen molar-refractivity contribution < 1.29 is 9.53 Å². The predicted molar refractivity (Wildman–Crippen MR) is 109 cm³/mol. The van der Waals surface area contributed by atoms with E-state index < -0.39 is 0 Å². The number of morpholine rings is 1. The van der Waals surface area contributed by atoms with E-state index in [-0.39, 0.29) is 23.2 Å². The molecular formula is C21H23N5O3. The van der Waals surface area contributed by atoms with E-state index in [4.69, 9.17) is 4.74 Å². The first-order valence-electron chi connectivity index (χ1n) is 9.62. The molecule has 8 nitrogen and oxygen atoms in total. The fraction of sp³-hybridized carbons (Fsp3) is 0.333. The van der Waals surface area contributed by atoms with E-state index >= 15 is 0 Å². The molecule has 0 spiro atoms. The van der Waals surface area contributed by atoms with Gasteiger partial charge in [-0.1, -0.05) is 24.3 Å². The number of rotatable bonds is 5. The van der Waals surface area contributed by atoms with Gasteiger partial charge in [-0.2, -0.15) is 5.10 Å². The Bertz CT molecular complexity index is 1060. The Labute approximate surface area is 168 Å². The molecule has 1 aliphatic rings. The molecule has 1 unspecified atom stereocenters. The van der Waals surface area contributed by atoms with Crippen molar-refractivity contribution in [3.63, 3.8) is 0 Å². The summed E-state index contributed by atoms with van der Waals surface area (Å²) in [4.78, 5) is 32.0. The Morgan fingerprint density at radius 2 is 1.86 bits per heavy atom. The number of fused-ring (bicyclic) bond motifs is 1. The highest BCUT2D eigenvalue weighted by molar-refractivity contribution is 6.04. The number of hydrogen-bond acceptors (Lipinski definition) is 6. The second-order valence-electron chi connectivity index (χ2n) is 6.95. The Morgan fingerprint density at radius 1 is 1.14 bits per heavy atom. The van der Waals surface area contributed by atoms with Crippen LogP contribution in [0.15, 0.2) is 53.5 Å². The summed E-state index contributed by atoms with van der Waals surface area (Å²) in [5.74, 6) is -0.314. The van der Waals surface area contributed by atoms with Crippen LogP contribution in [-0.4, -0.2) is 58.4 Å². The minimum Gasteiger partial charge on any atom is -0.379 e. The van der Waals surface area contributed by atoms with Crippen molar-refractivity contribution in [1.29, 1.82) is 0 Å². The van der Waals surface area contributed by atoms with Crippen molar-refractivity contribution in [2.24, 2.45) is 7.05 Å². The van der Waals surface area contributed by atoms with Crippen LogP contribution in [0, 0.1) is 0 Å². The second-order valence-corrected chi connectivity index (χ2v) is 6.95. The molecule has 0 saturated carbocycles. The monoisotopic (exact) mass is 393 g/mol. The zero-order valence-electron chi connectivity index (χ0n) is 16.2. The average Bonchev–Trinajstić information content (AvgIpc) is 2.78. The van der Waals surface area contributed by atoms with E-state index in [1.807, 2.05) is 18.2 Å². The SMILES string of the molecule is Cn1nc(C(=O)NCC(c2ccccn2)N2CCOCC2)c2ccccc2c1=O. The molecule has 3 heterocycles. The maximum atomic E-state index is 13.0. The third kappa shape index (κ3) is 4.03. The smallest absolute Gasteiger partial charge is 0.274 e. The number of aromatic nitrogens is 3. The van der Waals surface area contributed by atoms with Gasteiger partial charge in [-0.3, -0.25) is 19.5 Å². The maximum absolute atomic E-state index is 13.0. The van der Waals surface area contributed by atoms with Gasteiger partial charge in [0.15, 0.2) is 5.69 Å². The number of nitrogens with zero attached hydrogens (tertiary/aromatic N) is 4. The van der Waals surface area contributed by atoms with Crippen LogP contribution in [0.4, 0.5) is 0 Å². The number of carbonyl (C=O) groups excluding carboxylic acids is 1. The lowest BCUT2D eigenvalue weighted by molar-refractivity contribution is 0.0153. The predicted octanol–water partition coefficient (Wildman–Crippen LogP) is 1.13. The summed E-state index contributed by atoms with van der Waals surface area (Å²) in [6, 6.07) is 12.7. The zero-order valence-corrected chi connectivity index (χ0v) is 16.2. The first-order chi connectivity index (χ1) is 14.1. The largest absolute Gasteiger partial charge is 0.379 e. The van der Waals surface area contributed by atoms with Crippen LogP contribution in [-0.2, 0) is 11.8 Å². The summed E-state index contributed by atoms with van der Waals surface area (Å²) in [6.45, 7) is 3.25. The lowest BCUT2D eigenvalue weighted by Gasteiger charge is -2.34. The third-order valence-electron chi connectivity index (χ3n) is 5.14. The van der Waals surface area contributed by atoms with Gasteiger partial charge in [-0.15, -0.1) is 0 Å². The van der Waals surface area contributed by atoms with E-state index in [0.29, 0.717) is 30.5 Å². The lowest BCUT2D eigenvalue weighted by atomic mass is 10.1. The van der Waals surface area contributed by atoms with Crippen LogP contribution in [0.2, 0.25) is 0 Å². The second kappa shape index (κ2) is 8.50. The van der Waals surface area contributed by atoms with Crippen LogP contribution < -0.4 is 10.9 Å². The number of aryl methyl sites for hydroxylation is 1. The van der Waals surface area contributed by atoms with E-state index in [1.54, 1.807) is 37.5 Å². The number of benzene rings is 1. The van der Waals surface area contributed by atoms with E-state index in [0.717, 1.165) is 18.8 Å². The zero-order chi connectivity index (χ0) is 20.2. The highest BCUT2D eigenvalue weighted by Gasteiger charge is 2.25. The first-order valence-corrected chi connectivity index (χ1v) is 9.62. The molecule has 1 aromatic carbocycles. The van der Waals surface area contributed by atoms with Crippen molar-refractivity contribution in [1.82, 2.24) is 25.0 Å². The van der Waals surface area contributed by atoms with Crippen molar-refractivity contribution in [3.8, 4) is 0 Å². The van der Waals surface area contributed by atoms with E-state index in [9.17, 15) is 9.59 Å². The minimum absolute atomic E-state index is 0.0668. The summed E-state index contributed by atoms with van der Waals surface area (Å²) in [5, 5.41) is 8.23. The molecule has 8 heteroatoms. The highest BCUT2D eigenvalue weighted by Crippen LogP contribution is 2.20. The molecule has 1 atom stereocenters. The Balaban J connectivity index is 1.59.